The number of hydrogen-bond acceptors (Lipinski definition) is 4. The molecule has 2 amide bonds. The van der Waals surface area contributed by atoms with E-state index in [9.17, 15) is 19.5 Å². The Kier molecular flexibility index (Phi) is 5.88. The molecule has 2 atom stereocenters. The maximum absolute atomic E-state index is 12.8. The summed E-state index contributed by atoms with van der Waals surface area (Å²) in [6.45, 7) is 2.04. The number of aliphatic carboxylic acids is 1. The molecule has 0 aromatic heterocycles. The number of morpholine rings is 1. The van der Waals surface area contributed by atoms with Crippen LogP contribution >= 0.6 is 0 Å². The molecule has 2 fully saturated rings. The van der Waals surface area contributed by atoms with E-state index >= 15 is 0 Å². The number of amides is 2. The number of carboxylic acids is 1. The molecular weight excluding hydrogens is 336 g/mol. The van der Waals surface area contributed by atoms with Gasteiger partial charge in [-0.15, -0.1) is 0 Å². The van der Waals surface area contributed by atoms with Crippen LogP contribution in [-0.2, 0) is 14.3 Å². The third-order valence-corrected chi connectivity index (χ3v) is 5.13. The fourth-order valence-electron chi connectivity index (χ4n) is 3.68. The summed E-state index contributed by atoms with van der Waals surface area (Å²) in [5.41, 5.74) is 0.856. The van der Waals surface area contributed by atoms with Crippen molar-refractivity contribution in [3.8, 4) is 0 Å². The minimum atomic E-state index is -0.928. The first-order chi connectivity index (χ1) is 12.6. The summed E-state index contributed by atoms with van der Waals surface area (Å²) in [5.74, 6) is -2.62. The van der Waals surface area contributed by atoms with Crippen LogP contribution in [0.2, 0.25) is 0 Å². The number of carbonyl (C=O) groups is 3. The molecule has 1 heterocycles. The van der Waals surface area contributed by atoms with Crippen LogP contribution in [0.25, 0.3) is 0 Å². The Hall–Kier alpha value is -2.41. The number of carboxylic acid groups (broad SMARTS) is 1. The third-order valence-electron chi connectivity index (χ3n) is 5.13. The van der Waals surface area contributed by atoms with Gasteiger partial charge in [0.15, 0.2) is 0 Å². The van der Waals surface area contributed by atoms with E-state index in [1.54, 1.807) is 29.2 Å². The fraction of sp³-hybridized carbons (Fsp3) is 0.526. The van der Waals surface area contributed by atoms with Gasteiger partial charge in [-0.2, -0.15) is 0 Å². The number of benzene rings is 1. The van der Waals surface area contributed by atoms with Crippen molar-refractivity contribution < 1.29 is 24.2 Å². The molecule has 7 heteroatoms. The second-order valence-corrected chi connectivity index (χ2v) is 6.78. The van der Waals surface area contributed by atoms with E-state index in [-0.39, 0.29) is 11.8 Å². The lowest BCUT2D eigenvalue weighted by Crippen LogP contribution is -2.41. The summed E-state index contributed by atoms with van der Waals surface area (Å²) in [7, 11) is 0. The summed E-state index contributed by atoms with van der Waals surface area (Å²) in [4.78, 5) is 38.6. The zero-order chi connectivity index (χ0) is 18.5. The lowest BCUT2D eigenvalue weighted by molar-refractivity contribution is -0.147. The number of para-hydroxylation sites is 1. The molecule has 0 spiro atoms. The Balaban J connectivity index is 1.76. The first-order valence-corrected chi connectivity index (χ1v) is 9.07. The number of rotatable bonds is 4. The van der Waals surface area contributed by atoms with Crippen LogP contribution in [0.3, 0.4) is 0 Å². The van der Waals surface area contributed by atoms with Crippen molar-refractivity contribution in [2.24, 2.45) is 11.8 Å². The lowest BCUT2D eigenvalue weighted by Gasteiger charge is -2.29. The van der Waals surface area contributed by atoms with E-state index in [2.05, 4.69) is 5.32 Å². The van der Waals surface area contributed by atoms with Crippen LogP contribution < -0.4 is 5.32 Å². The molecule has 2 N–H and O–H groups in total. The van der Waals surface area contributed by atoms with Crippen LogP contribution in [0.4, 0.5) is 5.69 Å². The average molecular weight is 360 g/mol. The molecule has 1 aliphatic carbocycles. The van der Waals surface area contributed by atoms with E-state index in [4.69, 9.17) is 4.74 Å². The first kappa shape index (κ1) is 18.4. The van der Waals surface area contributed by atoms with Crippen molar-refractivity contribution in [2.45, 2.75) is 25.7 Å². The molecule has 26 heavy (non-hydrogen) atoms. The van der Waals surface area contributed by atoms with Gasteiger partial charge in [-0.1, -0.05) is 25.0 Å². The Morgan fingerprint density at radius 2 is 1.69 bits per heavy atom. The summed E-state index contributed by atoms with van der Waals surface area (Å²) in [6.07, 6.45) is 2.74. The number of anilines is 1. The van der Waals surface area contributed by atoms with E-state index < -0.39 is 17.8 Å². The minimum absolute atomic E-state index is 0.150. The van der Waals surface area contributed by atoms with Gasteiger partial charge >= 0.3 is 5.97 Å². The maximum Gasteiger partial charge on any atom is 0.307 e. The van der Waals surface area contributed by atoms with Gasteiger partial charge in [-0.05, 0) is 25.0 Å². The smallest absolute Gasteiger partial charge is 0.307 e. The number of ether oxygens (including phenoxy) is 1. The molecule has 1 saturated carbocycles. The summed E-state index contributed by atoms with van der Waals surface area (Å²) < 4.78 is 5.27. The van der Waals surface area contributed by atoms with Crippen molar-refractivity contribution in [1.29, 1.82) is 0 Å². The van der Waals surface area contributed by atoms with Gasteiger partial charge in [-0.25, -0.2) is 0 Å². The van der Waals surface area contributed by atoms with Crippen molar-refractivity contribution in [1.82, 2.24) is 4.90 Å². The average Bonchev–Trinajstić information content (AvgIpc) is 2.68. The third kappa shape index (κ3) is 4.04. The molecule has 0 radical (unpaired) electrons. The number of nitrogens with one attached hydrogen (secondary N) is 1. The van der Waals surface area contributed by atoms with E-state index in [0.717, 1.165) is 12.8 Å². The van der Waals surface area contributed by atoms with Crippen molar-refractivity contribution in [3.05, 3.63) is 29.8 Å². The van der Waals surface area contributed by atoms with Crippen LogP contribution in [0, 0.1) is 11.8 Å². The fourth-order valence-corrected chi connectivity index (χ4v) is 3.68. The van der Waals surface area contributed by atoms with Crippen molar-refractivity contribution >= 4 is 23.5 Å². The Labute approximate surface area is 152 Å². The van der Waals surface area contributed by atoms with E-state index in [1.165, 1.54) is 0 Å². The number of carbonyl (C=O) groups excluding carboxylic acids is 2. The number of hydrogen-bond donors (Lipinski definition) is 2. The molecule has 1 aromatic rings. The van der Waals surface area contributed by atoms with Crippen LogP contribution in [0.1, 0.15) is 36.0 Å². The Bertz CT molecular complexity index is 684. The van der Waals surface area contributed by atoms with Crippen molar-refractivity contribution in [2.75, 3.05) is 31.6 Å². The molecule has 0 unspecified atom stereocenters. The highest BCUT2D eigenvalue weighted by atomic mass is 16.5. The lowest BCUT2D eigenvalue weighted by atomic mass is 9.78. The predicted molar refractivity (Wildman–Crippen MR) is 94.9 cm³/mol. The van der Waals surface area contributed by atoms with Gasteiger partial charge < -0.3 is 20.1 Å². The molecule has 7 nitrogen and oxygen atoms in total. The Morgan fingerprint density at radius 3 is 2.38 bits per heavy atom. The zero-order valence-corrected chi connectivity index (χ0v) is 14.6. The first-order valence-electron chi connectivity index (χ1n) is 9.07. The monoisotopic (exact) mass is 360 g/mol. The highest BCUT2D eigenvalue weighted by Gasteiger charge is 2.36. The minimum Gasteiger partial charge on any atom is -0.481 e. The van der Waals surface area contributed by atoms with Crippen LogP contribution in [-0.4, -0.2) is 54.1 Å². The molecule has 1 aromatic carbocycles. The molecule has 3 rings (SSSR count). The quantitative estimate of drug-likeness (QED) is 0.856. The van der Waals surface area contributed by atoms with E-state index in [0.29, 0.717) is 50.4 Å². The van der Waals surface area contributed by atoms with E-state index in [1.807, 2.05) is 0 Å². The molecular formula is C19H24N2O5. The van der Waals surface area contributed by atoms with Gasteiger partial charge in [0.05, 0.1) is 36.3 Å². The standard InChI is InChI=1S/C19H24N2O5/c22-17(13-5-1-2-6-14(13)19(24)25)20-16-8-4-3-7-15(16)18(23)21-9-11-26-12-10-21/h3-4,7-8,13-14H,1-2,5-6,9-12H2,(H,20,22)(H,24,25)/t13-,14-/m1/s1. The molecule has 140 valence electrons. The summed E-state index contributed by atoms with van der Waals surface area (Å²) >= 11 is 0. The van der Waals surface area contributed by atoms with Crippen molar-refractivity contribution in [3.63, 3.8) is 0 Å². The van der Waals surface area contributed by atoms with Gasteiger partial charge in [0.2, 0.25) is 5.91 Å². The second kappa shape index (κ2) is 8.31. The summed E-state index contributed by atoms with van der Waals surface area (Å²) in [6, 6.07) is 6.87. The molecule has 2 aliphatic rings. The summed E-state index contributed by atoms with van der Waals surface area (Å²) in [5, 5.41) is 12.2. The van der Waals surface area contributed by atoms with Crippen LogP contribution in [0.15, 0.2) is 24.3 Å². The highest BCUT2D eigenvalue weighted by molar-refractivity contribution is 6.04. The normalized spacial score (nSPS) is 23.3. The van der Waals surface area contributed by atoms with Gasteiger partial charge in [0.1, 0.15) is 0 Å². The maximum atomic E-state index is 12.8. The predicted octanol–water partition coefficient (Wildman–Crippen LogP) is 1.99. The SMILES string of the molecule is O=C(O)[C@@H]1CCCC[C@H]1C(=O)Nc1ccccc1C(=O)N1CCOCC1. The van der Waals surface area contributed by atoms with Gasteiger partial charge in [0.25, 0.3) is 5.91 Å². The van der Waals surface area contributed by atoms with Gasteiger partial charge in [0, 0.05) is 13.1 Å². The molecule has 0 bridgehead atoms. The zero-order valence-electron chi connectivity index (χ0n) is 14.6. The Morgan fingerprint density at radius 1 is 1.04 bits per heavy atom. The second-order valence-electron chi connectivity index (χ2n) is 6.78. The van der Waals surface area contributed by atoms with Gasteiger partial charge in [-0.3, -0.25) is 14.4 Å². The van der Waals surface area contributed by atoms with Crippen LogP contribution in [0.5, 0.6) is 0 Å². The number of nitrogens with zero attached hydrogens (tertiary/aromatic N) is 1. The highest BCUT2D eigenvalue weighted by Crippen LogP contribution is 2.31. The molecule has 1 aliphatic heterocycles. The topological polar surface area (TPSA) is 95.9 Å². The molecule has 1 saturated heterocycles. The largest absolute Gasteiger partial charge is 0.481 e.